The van der Waals surface area contributed by atoms with Crippen LogP contribution < -0.4 is 9.46 Å². The van der Waals surface area contributed by atoms with Gasteiger partial charge in [-0.3, -0.25) is 9.52 Å². The highest BCUT2D eigenvalue weighted by molar-refractivity contribution is 9.10. The molecule has 146 valence electrons. The van der Waals surface area contributed by atoms with Gasteiger partial charge < -0.3 is 4.74 Å². The van der Waals surface area contributed by atoms with E-state index in [2.05, 4.69) is 25.9 Å². The highest BCUT2D eigenvalue weighted by atomic mass is 79.9. The predicted octanol–water partition coefficient (Wildman–Crippen LogP) is 3.09. The first-order chi connectivity index (χ1) is 12.4. The standard InChI is InChI=1S/C15H13BrF3N3O4S/c1-8-6-11(26-2)21-14(20-8)13(23)9-4-3-5-10(16)12(9)22-27(24,25)7-15(17,18)19/h3-6,22H,7H2,1-2H3. The zero-order chi connectivity index (χ0) is 20.4. The number of hydrogen-bond acceptors (Lipinski definition) is 6. The van der Waals surface area contributed by atoms with Gasteiger partial charge in [0.1, 0.15) is 0 Å². The molecule has 2 aromatic rings. The van der Waals surface area contributed by atoms with E-state index in [0.29, 0.717) is 5.69 Å². The van der Waals surface area contributed by atoms with E-state index in [4.69, 9.17) is 4.74 Å². The zero-order valence-corrected chi connectivity index (χ0v) is 16.4. The summed E-state index contributed by atoms with van der Waals surface area (Å²) in [4.78, 5) is 20.6. The van der Waals surface area contributed by atoms with E-state index in [9.17, 15) is 26.4 Å². The second kappa shape index (κ2) is 7.80. The fourth-order valence-corrected chi connectivity index (χ4v) is 3.72. The molecule has 12 heteroatoms. The van der Waals surface area contributed by atoms with Crippen LogP contribution in [0.4, 0.5) is 18.9 Å². The minimum Gasteiger partial charge on any atom is -0.481 e. The number of hydrogen-bond donors (Lipinski definition) is 1. The molecule has 0 aliphatic heterocycles. The van der Waals surface area contributed by atoms with E-state index in [0.717, 1.165) is 0 Å². The van der Waals surface area contributed by atoms with Gasteiger partial charge in [0.2, 0.25) is 27.5 Å². The van der Waals surface area contributed by atoms with Gasteiger partial charge in [0.05, 0.1) is 18.4 Å². The van der Waals surface area contributed by atoms with Crippen LogP contribution in [0.3, 0.4) is 0 Å². The smallest absolute Gasteiger partial charge is 0.404 e. The minimum atomic E-state index is -4.94. The predicted molar refractivity (Wildman–Crippen MR) is 94.4 cm³/mol. The summed E-state index contributed by atoms with van der Waals surface area (Å²) in [6, 6.07) is 5.52. The maximum Gasteiger partial charge on any atom is 0.404 e. The van der Waals surface area contributed by atoms with Crippen LogP contribution in [0.15, 0.2) is 28.7 Å². The minimum absolute atomic E-state index is 0.0821. The Kier molecular flexibility index (Phi) is 6.10. The van der Waals surface area contributed by atoms with Crippen LogP contribution in [0.1, 0.15) is 21.9 Å². The Hall–Kier alpha value is -2.21. The molecule has 0 bridgehead atoms. The van der Waals surface area contributed by atoms with Crippen LogP contribution in [0.25, 0.3) is 0 Å². The number of halogens is 4. The number of alkyl halides is 3. The van der Waals surface area contributed by atoms with Crippen molar-refractivity contribution in [1.29, 1.82) is 0 Å². The molecule has 0 unspecified atom stereocenters. The van der Waals surface area contributed by atoms with Crippen LogP contribution in [0, 0.1) is 6.92 Å². The summed E-state index contributed by atoms with van der Waals surface area (Å²) in [7, 11) is -3.46. The molecule has 0 aliphatic rings. The molecule has 0 saturated carbocycles. The topological polar surface area (TPSA) is 98.2 Å². The average Bonchev–Trinajstić information content (AvgIpc) is 2.53. The molecule has 0 fully saturated rings. The third-order valence-electron chi connectivity index (χ3n) is 3.11. The number of para-hydroxylation sites is 1. The van der Waals surface area contributed by atoms with Gasteiger partial charge in [-0.15, -0.1) is 0 Å². The normalized spacial score (nSPS) is 11.9. The number of ether oxygens (including phenoxy) is 1. The largest absolute Gasteiger partial charge is 0.481 e. The van der Waals surface area contributed by atoms with Gasteiger partial charge in [0.15, 0.2) is 5.75 Å². The van der Waals surface area contributed by atoms with E-state index in [1.165, 1.54) is 31.4 Å². The Morgan fingerprint density at radius 3 is 2.56 bits per heavy atom. The summed E-state index contributed by atoms with van der Waals surface area (Å²) in [6.07, 6.45) is -4.94. The number of carbonyl (C=O) groups is 1. The Balaban J connectivity index is 2.49. The second-order valence-electron chi connectivity index (χ2n) is 5.34. The molecular formula is C15H13BrF3N3O4S. The second-order valence-corrected chi connectivity index (χ2v) is 7.92. The Morgan fingerprint density at radius 1 is 1.30 bits per heavy atom. The number of rotatable bonds is 6. The number of carbonyl (C=O) groups excluding carboxylic acids is 1. The first-order valence-electron chi connectivity index (χ1n) is 7.22. The average molecular weight is 468 g/mol. The monoisotopic (exact) mass is 467 g/mol. The summed E-state index contributed by atoms with van der Waals surface area (Å²) in [6.45, 7) is 1.59. The molecule has 1 N–H and O–H groups in total. The number of nitrogens with one attached hydrogen (secondary N) is 1. The molecule has 0 saturated heterocycles. The lowest BCUT2D eigenvalue weighted by atomic mass is 10.1. The summed E-state index contributed by atoms with van der Waals surface area (Å²) in [5.41, 5.74) is -0.141. The van der Waals surface area contributed by atoms with Crippen LogP contribution in [0.5, 0.6) is 5.88 Å². The van der Waals surface area contributed by atoms with Crippen LogP contribution in [0.2, 0.25) is 0 Å². The number of aryl methyl sites for hydroxylation is 1. The zero-order valence-electron chi connectivity index (χ0n) is 14.0. The lowest BCUT2D eigenvalue weighted by Crippen LogP contribution is -2.28. The molecule has 0 atom stereocenters. The van der Waals surface area contributed by atoms with E-state index in [1.807, 2.05) is 0 Å². The summed E-state index contributed by atoms with van der Waals surface area (Å²) in [5.74, 6) is -3.06. The maximum absolute atomic E-state index is 12.8. The molecule has 0 spiro atoms. The van der Waals surface area contributed by atoms with Crippen molar-refractivity contribution < 1.29 is 31.1 Å². The van der Waals surface area contributed by atoms with Crippen LogP contribution in [-0.4, -0.2) is 43.2 Å². The van der Waals surface area contributed by atoms with Gasteiger partial charge in [-0.05, 0) is 35.0 Å². The number of methoxy groups -OCH3 is 1. The third-order valence-corrected chi connectivity index (χ3v) is 5.00. The fourth-order valence-electron chi connectivity index (χ4n) is 2.09. The molecule has 0 amide bonds. The van der Waals surface area contributed by atoms with Crippen molar-refractivity contribution in [1.82, 2.24) is 9.97 Å². The van der Waals surface area contributed by atoms with Crippen molar-refractivity contribution in [2.24, 2.45) is 0 Å². The summed E-state index contributed by atoms with van der Waals surface area (Å²) >= 11 is 3.04. The Bertz CT molecular complexity index is 981. The number of sulfonamides is 1. The Morgan fingerprint density at radius 2 is 1.96 bits per heavy atom. The van der Waals surface area contributed by atoms with Crippen molar-refractivity contribution in [2.75, 3.05) is 17.6 Å². The fraction of sp³-hybridized carbons (Fsp3) is 0.267. The molecule has 2 rings (SSSR count). The lowest BCUT2D eigenvalue weighted by Gasteiger charge is -2.14. The number of aromatic nitrogens is 2. The van der Waals surface area contributed by atoms with Crippen molar-refractivity contribution >= 4 is 37.4 Å². The van der Waals surface area contributed by atoms with Crippen molar-refractivity contribution in [3.63, 3.8) is 0 Å². The summed E-state index contributed by atoms with van der Waals surface area (Å²) in [5, 5.41) is 0. The van der Waals surface area contributed by atoms with E-state index < -0.39 is 27.7 Å². The first kappa shape index (κ1) is 21.1. The van der Waals surface area contributed by atoms with Gasteiger partial charge in [-0.2, -0.15) is 18.2 Å². The Labute approximate surface area is 161 Å². The summed E-state index contributed by atoms with van der Waals surface area (Å²) < 4.78 is 67.9. The molecule has 0 radical (unpaired) electrons. The molecule has 27 heavy (non-hydrogen) atoms. The van der Waals surface area contributed by atoms with Crippen molar-refractivity contribution in [3.05, 3.63) is 45.8 Å². The third kappa shape index (κ3) is 5.63. The molecule has 0 aliphatic carbocycles. The van der Waals surface area contributed by atoms with Crippen LogP contribution in [-0.2, 0) is 10.0 Å². The van der Waals surface area contributed by atoms with Crippen LogP contribution >= 0.6 is 15.9 Å². The first-order valence-corrected chi connectivity index (χ1v) is 9.66. The van der Waals surface area contributed by atoms with Gasteiger partial charge in [0.25, 0.3) is 0 Å². The highest BCUT2D eigenvalue weighted by Crippen LogP contribution is 2.30. The molecule has 1 heterocycles. The SMILES string of the molecule is COc1cc(C)nc(C(=O)c2cccc(Br)c2NS(=O)(=O)CC(F)(F)F)n1. The molecule has 1 aromatic carbocycles. The number of benzene rings is 1. The highest BCUT2D eigenvalue weighted by Gasteiger charge is 2.36. The van der Waals surface area contributed by atoms with Gasteiger partial charge in [-0.1, -0.05) is 6.07 Å². The quantitative estimate of drug-likeness (QED) is 0.655. The molecular weight excluding hydrogens is 455 g/mol. The number of ketones is 1. The van der Waals surface area contributed by atoms with Gasteiger partial charge >= 0.3 is 6.18 Å². The number of anilines is 1. The van der Waals surface area contributed by atoms with Gasteiger partial charge in [-0.25, -0.2) is 13.4 Å². The van der Waals surface area contributed by atoms with E-state index >= 15 is 0 Å². The lowest BCUT2D eigenvalue weighted by molar-refractivity contribution is -0.106. The van der Waals surface area contributed by atoms with Gasteiger partial charge in [0, 0.05) is 16.2 Å². The maximum atomic E-state index is 12.8. The number of nitrogens with zero attached hydrogens (tertiary/aromatic N) is 2. The van der Waals surface area contributed by atoms with Crippen molar-refractivity contribution in [2.45, 2.75) is 13.1 Å². The molecule has 1 aromatic heterocycles. The molecule has 7 nitrogen and oxygen atoms in total. The van der Waals surface area contributed by atoms with E-state index in [-0.39, 0.29) is 27.4 Å². The van der Waals surface area contributed by atoms with E-state index in [1.54, 1.807) is 11.6 Å². The van der Waals surface area contributed by atoms with Crippen molar-refractivity contribution in [3.8, 4) is 5.88 Å².